The summed E-state index contributed by atoms with van der Waals surface area (Å²) >= 11 is 0. The molecule has 1 radical (unpaired) electrons. The summed E-state index contributed by atoms with van der Waals surface area (Å²) in [6.07, 6.45) is 2.25. The average molecular weight is 117 g/mol. The molecule has 0 aliphatic heterocycles. The summed E-state index contributed by atoms with van der Waals surface area (Å²) in [7, 11) is 1.63. The Morgan fingerprint density at radius 3 is 2.75 bits per heavy atom. The zero-order chi connectivity index (χ0) is 5.98. The maximum absolute atomic E-state index is 12.2. The molecule has 1 fully saturated rings. The van der Waals surface area contributed by atoms with Crippen molar-refractivity contribution in [1.29, 1.82) is 0 Å². The van der Waals surface area contributed by atoms with Gasteiger partial charge in [0.2, 0.25) is 0 Å². The van der Waals surface area contributed by atoms with E-state index >= 15 is 0 Å². The van der Waals surface area contributed by atoms with Crippen LogP contribution in [0.2, 0.25) is 0 Å². The van der Waals surface area contributed by atoms with E-state index in [1.54, 1.807) is 7.11 Å². The van der Waals surface area contributed by atoms with Crippen molar-refractivity contribution in [1.82, 2.24) is 0 Å². The lowest BCUT2D eigenvalue weighted by Crippen LogP contribution is -2.02. The summed E-state index contributed by atoms with van der Waals surface area (Å²) in [6.45, 7) is 0. The van der Waals surface area contributed by atoms with Crippen LogP contribution >= 0.6 is 0 Å². The largest absolute Gasteiger partial charge is 0.381 e. The molecule has 2 heteroatoms. The molecule has 0 heterocycles. The molecule has 1 atom stereocenters. The lowest BCUT2D eigenvalue weighted by Gasteiger charge is -2.02. The maximum Gasteiger partial charge on any atom is 0.147 e. The number of methoxy groups -OCH3 is 1. The van der Waals surface area contributed by atoms with Gasteiger partial charge in [-0.1, -0.05) is 0 Å². The molecular formula is C6H10FO. The number of hydrogen-bond donors (Lipinski definition) is 0. The van der Waals surface area contributed by atoms with E-state index in [-0.39, 0.29) is 12.3 Å². The van der Waals surface area contributed by atoms with Crippen LogP contribution in [0.5, 0.6) is 0 Å². The first kappa shape index (κ1) is 6.02. The third-order valence-electron chi connectivity index (χ3n) is 1.52. The molecule has 1 aliphatic carbocycles. The molecule has 1 nitrogen and oxygen atoms in total. The first-order valence-corrected chi connectivity index (χ1v) is 2.86. The highest BCUT2D eigenvalue weighted by Gasteiger charge is 2.24. The molecule has 0 aromatic carbocycles. The van der Waals surface area contributed by atoms with E-state index < -0.39 is 0 Å². The Kier molecular flexibility index (Phi) is 1.84. The van der Waals surface area contributed by atoms with Crippen molar-refractivity contribution in [3.8, 4) is 0 Å². The second kappa shape index (κ2) is 2.44. The molecule has 0 saturated heterocycles. The van der Waals surface area contributed by atoms with Gasteiger partial charge in [0.05, 0.1) is 6.10 Å². The van der Waals surface area contributed by atoms with Gasteiger partial charge in [0.1, 0.15) is 6.17 Å². The summed E-state index contributed by atoms with van der Waals surface area (Å²) in [4.78, 5) is 0. The molecule has 1 rings (SSSR count). The van der Waals surface area contributed by atoms with Gasteiger partial charge in [0.15, 0.2) is 0 Å². The number of halogens is 1. The Balaban J connectivity index is 2.22. The topological polar surface area (TPSA) is 9.23 Å². The zero-order valence-electron chi connectivity index (χ0n) is 4.98. The van der Waals surface area contributed by atoms with Gasteiger partial charge < -0.3 is 4.74 Å². The smallest absolute Gasteiger partial charge is 0.147 e. The fourth-order valence-electron chi connectivity index (χ4n) is 0.970. The third-order valence-corrected chi connectivity index (χ3v) is 1.52. The van der Waals surface area contributed by atoms with Crippen molar-refractivity contribution in [2.24, 2.45) is 0 Å². The normalized spacial score (nSPS) is 31.5. The van der Waals surface area contributed by atoms with Gasteiger partial charge in [-0.05, 0) is 12.8 Å². The van der Waals surface area contributed by atoms with E-state index in [0.717, 1.165) is 6.42 Å². The predicted octanol–water partition coefficient (Wildman–Crippen LogP) is 1.69. The van der Waals surface area contributed by atoms with Crippen LogP contribution in [0, 0.1) is 6.17 Å². The summed E-state index contributed by atoms with van der Waals surface area (Å²) < 4.78 is 17.1. The molecule has 0 aromatic rings. The third kappa shape index (κ3) is 1.19. The van der Waals surface area contributed by atoms with Crippen molar-refractivity contribution in [3.05, 3.63) is 6.17 Å². The monoisotopic (exact) mass is 117 g/mol. The first-order valence-electron chi connectivity index (χ1n) is 2.86. The lowest BCUT2D eigenvalue weighted by atomic mass is 10.3. The first-order chi connectivity index (χ1) is 3.83. The highest BCUT2D eigenvalue weighted by atomic mass is 19.1. The maximum atomic E-state index is 12.2. The van der Waals surface area contributed by atoms with Gasteiger partial charge >= 0.3 is 0 Å². The Morgan fingerprint density at radius 1 is 1.75 bits per heavy atom. The van der Waals surface area contributed by atoms with Crippen LogP contribution in [0.4, 0.5) is 4.39 Å². The molecule has 47 valence electrons. The SMILES string of the molecule is COC1CC[C](F)C1. The minimum atomic E-state index is 0.0943. The Hall–Kier alpha value is -0.110. The average Bonchev–Trinajstić information content (AvgIpc) is 2.14. The molecule has 0 aromatic heterocycles. The van der Waals surface area contributed by atoms with E-state index in [4.69, 9.17) is 4.74 Å². The van der Waals surface area contributed by atoms with Gasteiger partial charge in [0, 0.05) is 13.5 Å². The van der Waals surface area contributed by atoms with Crippen LogP contribution < -0.4 is 0 Å². The van der Waals surface area contributed by atoms with Gasteiger partial charge in [-0.25, -0.2) is 4.39 Å². The van der Waals surface area contributed by atoms with Crippen LogP contribution in [0.1, 0.15) is 19.3 Å². The minimum Gasteiger partial charge on any atom is -0.381 e. The van der Waals surface area contributed by atoms with E-state index in [9.17, 15) is 4.39 Å². The Morgan fingerprint density at radius 2 is 2.50 bits per heavy atom. The predicted molar refractivity (Wildman–Crippen MR) is 29.0 cm³/mol. The van der Waals surface area contributed by atoms with Crippen molar-refractivity contribution < 1.29 is 9.13 Å². The van der Waals surface area contributed by atoms with Crippen LogP contribution in [0.25, 0.3) is 0 Å². The second-order valence-corrected chi connectivity index (χ2v) is 2.12. The number of rotatable bonds is 1. The molecular weight excluding hydrogens is 107 g/mol. The molecule has 1 aliphatic rings. The fourth-order valence-corrected chi connectivity index (χ4v) is 0.970. The van der Waals surface area contributed by atoms with Crippen molar-refractivity contribution in [2.75, 3.05) is 7.11 Å². The van der Waals surface area contributed by atoms with E-state index in [1.807, 2.05) is 0 Å². The van der Waals surface area contributed by atoms with Crippen molar-refractivity contribution in [3.63, 3.8) is 0 Å². The van der Waals surface area contributed by atoms with Gasteiger partial charge in [-0.15, -0.1) is 0 Å². The van der Waals surface area contributed by atoms with Gasteiger partial charge in [-0.2, -0.15) is 0 Å². The van der Waals surface area contributed by atoms with Crippen LogP contribution in [0.3, 0.4) is 0 Å². The number of ether oxygens (including phenoxy) is 1. The highest BCUT2D eigenvalue weighted by molar-refractivity contribution is 4.88. The summed E-state index contributed by atoms with van der Waals surface area (Å²) in [5.74, 6) is 0. The number of hydrogen-bond acceptors (Lipinski definition) is 1. The molecule has 0 N–H and O–H groups in total. The lowest BCUT2D eigenvalue weighted by molar-refractivity contribution is 0.108. The van der Waals surface area contributed by atoms with Crippen molar-refractivity contribution in [2.45, 2.75) is 25.4 Å². The standard InChI is InChI=1S/C6H10FO/c1-8-6-3-2-5(7)4-6/h6H,2-4H2,1H3. The van der Waals surface area contributed by atoms with Crippen molar-refractivity contribution >= 4 is 0 Å². The Bertz CT molecular complexity index is 74.9. The Labute approximate surface area is 48.8 Å². The van der Waals surface area contributed by atoms with Crippen LogP contribution in [0.15, 0.2) is 0 Å². The van der Waals surface area contributed by atoms with Gasteiger partial charge in [0.25, 0.3) is 0 Å². The quantitative estimate of drug-likeness (QED) is 0.507. The molecule has 0 bridgehead atoms. The summed E-state index contributed by atoms with van der Waals surface area (Å²) in [6, 6.07) is 0. The molecule has 8 heavy (non-hydrogen) atoms. The summed E-state index contributed by atoms with van der Waals surface area (Å²) in [5, 5.41) is 0. The second-order valence-electron chi connectivity index (χ2n) is 2.12. The molecule has 1 saturated carbocycles. The summed E-state index contributed by atoms with van der Waals surface area (Å²) in [5.41, 5.74) is 0. The zero-order valence-corrected chi connectivity index (χ0v) is 4.98. The van der Waals surface area contributed by atoms with Crippen LogP contribution in [-0.4, -0.2) is 13.2 Å². The minimum absolute atomic E-state index is 0.0943. The van der Waals surface area contributed by atoms with Gasteiger partial charge in [-0.3, -0.25) is 0 Å². The van der Waals surface area contributed by atoms with E-state index in [1.165, 1.54) is 0 Å². The highest BCUT2D eigenvalue weighted by Crippen LogP contribution is 2.29. The van der Waals surface area contributed by atoms with E-state index in [0.29, 0.717) is 12.8 Å². The molecule has 0 spiro atoms. The van der Waals surface area contributed by atoms with E-state index in [2.05, 4.69) is 0 Å². The fraction of sp³-hybridized carbons (Fsp3) is 0.833. The molecule has 0 amide bonds. The molecule has 1 unspecified atom stereocenters. The van der Waals surface area contributed by atoms with Crippen LogP contribution in [-0.2, 0) is 4.74 Å².